The van der Waals surface area contributed by atoms with Crippen LogP contribution in [0.4, 0.5) is 0 Å². The summed E-state index contributed by atoms with van der Waals surface area (Å²) in [6, 6.07) is 59.7. The van der Waals surface area contributed by atoms with Crippen LogP contribution in [-0.4, -0.2) is 18.7 Å². The zero-order valence-corrected chi connectivity index (χ0v) is 28.7. The van der Waals surface area contributed by atoms with Crippen molar-refractivity contribution in [1.29, 1.82) is 0 Å². The first-order valence-electron chi connectivity index (χ1n) is 17.6. The molecule has 0 atom stereocenters. The molecule has 0 aliphatic rings. The highest BCUT2D eigenvalue weighted by molar-refractivity contribution is 7.25. The minimum atomic E-state index is 0.935. The van der Waals surface area contributed by atoms with Crippen molar-refractivity contribution in [3.8, 4) is 17.2 Å². The highest BCUT2D eigenvalue weighted by Gasteiger charge is 2.19. The molecule has 5 heterocycles. The third-order valence-corrected chi connectivity index (χ3v) is 12.0. The molecule has 0 spiro atoms. The Morgan fingerprint density at radius 2 is 0.750 bits per heavy atom. The molecule has 0 aliphatic carbocycles. The van der Waals surface area contributed by atoms with Crippen LogP contribution in [0, 0.1) is 0 Å². The van der Waals surface area contributed by atoms with Gasteiger partial charge in [-0.2, -0.15) is 0 Å². The Morgan fingerprint density at radius 1 is 0.327 bits per heavy atom. The Kier molecular flexibility index (Phi) is 5.62. The molecule has 0 aliphatic heterocycles. The fraction of sp³-hybridized carbons (Fsp3) is 0. The molecule has 0 radical (unpaired) electrons. The number of nitrogens with zero attached hydrogens (tertiary/aromatic N) is 4. The summed E-state index contributed by atoms with van der Waals surface area (Å²) in [5, 5.41) is 9.96. The summed E-state index contributed by atoms with van der Waals surface area (Å²) in [4.78, 5) is 5.03. The number of hydrogen-bond acceptors (Lipinski definition) is 2. The maximum absolute atomic E-state index is 5.03. The van der Waals surface area contributed by atoms with Crippen LogP contribution in [0.25, 0.3) is 103 Å². The van der Waals surface area contributed by atoms with E-state index >= 15 is 0 Å². The van der Waals surface area contributed by atoms with Gasteiger partial charge in [-0.1, -0.05) is 91.0 Å². The van der Waals surface area contributed by atoms with Crippen molar-refractivity contribution in [3.63, 3.8) is 0 Å². The standard InChI is InChI=1S/C47H28N4S/c1-6-16-39-31(11-1)32-12-2-7-17-40(32)49(39)29-21-23-43-36(25-29)33-13-3-8-18-41(33)50(43)30-22-24-44-37(26-30)34-14-4-9-19-42(34)51(44)47-27-38-35-15-5-10-20-45(35)52-46(38)28-48-47/h1-28H. The minimum Gasteiger partial charge on any atom is -0.309 e. The van der Waals surface area contributed by atoms with Crippen LogP contribution in [0.2, 0.25) is 0 Å². The maximum Gasteiger partial charge on any atom is 0.138 e. The molecule has 4 nitrogen and oxygen atoms in total. The van der Waals surface area contributed by atoms with Gasteiger partial charge in [-0.3, -0.25) is 4.57 Å². The van der Waals surface area contributed by atoms with Crippen molar-refractivity contribution in [2.45, 2.75) is 0 Å². The normalized spacial score (nSPS) is 12.2. The molecule has 0 bridgehead atoms. The van der Waals surface area contributed by atoms with E-state index in [9.17, 15) is 0 Å². The third-order valence-electron chi connectivity index (χ3n) is 10.9. The molecular weight excluding hydrogens is 653 g/mol. The van der Waals surface area contributed by atoms with Crippen molar-refractivity contribution in [2.24, 2.45) is 0 Å². The lowest BCUT2D eigenvalue weighted by molar-refractivity contribution is 1.09. The van der Waals surface area contributed by atoms with E-state index in [0.29, 0.717) is 0 Å². The van der Waals surface area contributed by atoms with Crippen LogP contribution in [-0.2, 0) is 0 Å². The van der Waals surface area contributed by atoms with Crippen LogP contribution in [0.3, 0.4) is 0 Å². The molecule has 12 aromatic rings. The molecule has 0 amide bonds. The molecule has 0 fully saturated rings. The zero-order valence-electron chi connectivity index (χ0n) is 27.9. The van der Waals surface area contributed by atoms with Crippen molar-refractivity contribution in [1.82, 2.24) is 18.7 Å². The number of para-hydroxylation sites is 4. The van der Waals surface area contributed by atoms with Crippen LogP contribution in [0.1, 0.15) is 0 Å². The molecule has 0 saturated carbocycles. The van der Waals surface area contributed by atoms with Gasteiger partial charge in [-0.25, -0.2) is 4.98 Å². The van der Waals surface area contributed by atoms with E-state index in [1.165, 1.54) is 74.6 Å². The van der Waals surface area contributed by atoms with Gasteiger partial charge in [0.2, 0.25) is 0 Å². The largest absolute Gasteiger partial charge is 0.309 e. The lowest BCUT2D eigenvalue weighted by atomic mass is 10.1. The molecule has 12 rings (SSSR count). The highest BCUT2D eigenvalue weighted by Crippen LogP contribution is 2.40. The molecule has 52 heavy (non-hydrogen) atoms. The summed E-state index contributed by atoms with van der Waals surface area (Å²) in [5.74, 6) is 0.935. The Balaban J connectivity index is 1.08. The zero-order chi connectivity index (χ0) is 33.9. The van der Waals surface area contributed by atoms with Crippen molar-refractivity contribution >= 4 is 96.9 Å². The highest BCUT2D eigenvalue weighted by atomic mass is 32.1. The molecule has 0 N–H and O–H groups in total. The second-order valence-corrected chi connectivity index (χ2v) is 14.7. The van der Waals surface area contributed by atoms with Crippen molar-refractivity contribution < 1.29 is 0 Å². The van der Waals surface area contributed by atoms with Crippen LogP contribution in [0.5, 0.6) is 0 Å². The average Bonchev–Trinajstić information content (AvgIpc) is 3.93. The fourth-order valence-corrected chi connectivity index (χ4v) is 9.72. The summed E-state index contributed by atoms with van der Waals surface area (Å²) in [7, 11) is 0. The van der Waals surface area contributed by atoms with Gasteiger partial charge in [0, 0.05) is 65.4 Å². The maximum atomic E-state index is 5.03. The van der Waals surface area contributed by atoms with Crippen LogP contribution < -0.4 is 0 Å². The minimum absolute atomic E-state index is 0.935. The lowest BCUT2D eigenvalue weighted by Gasteiger charge is -2.11. The Morgan fingerprint density at radius 3 is 1.31 bits per heavy atom. The number of pyridine rings is 1. The van der Waals surface area contributed by atoms with E-state index in [0.717, 1.165) is 28.2 Å². The first-order valence-corrected chi connectivity index (χ1v) is 18.4. The summed E-state index contributed by atoms with van der Waals surface area (Å²) >= 11 is 1.80. The molecular formula is C47H28N4S. The lowest BCUT2D eigenvalue weighted by Crippen LogP contribution is -1.98. The second-order valence-electron chi connectivity index (χ2n) is 13.6. The SMILES string of the molecule is c1ccc2c(c1)sc1cnc(-n3c4ccccc4c4cc(-n5c6ccccc6c6cc(-n7c8ccccc8c8ccccc87)ccc65)ccc43)cc12. The van der Waals surface area contributed by atoms with Crippen molar-refractivity contribution in [3.05, 3.63) is 170 Å². The molecule has 0 saturated heterocycles. The van der Waals surface area contributed by atoms with Gasteiger partial charge in [-0.15, -0.1) is 11.3 Å². The first kappa shape index (κ1) is 28.1. The first-order chi connectivity index (χ1) is 25.8. The fourth-order valence-electron chi connectivity index (χ4n) is 8.67. The molecule has 0 unspecified atom stereocenters. The smallest absolute Gasteiger partial charge is 0.138 e. The van der Waals surface area contributed by atoms with E-state index in [1.54, 1.807) is 11.3 Å². The summed E-state index contributed by atoms with van der Waals surface area (Å²) < 4.78 is 9.65. The van der Waals surface area contributed by atoms with E-state index < -0.39 is 0 Å². The van der Waals surface area contributed by atoms with E-state index in [-0.39, 0.29) is 0 Å². The van der Waals surface area contributed by atoms with Crippen molar-refractivity contribution in [2.75, 3.05) is 0 Å². The Bertz CT molecular complexity index is 3370. The summed E-state index contributed by atoms with van der Waals surface area (Å²) in [5.41, 5.74) is 9.41. The number of aromatic nitrogens is 4. The summed E-state index contributed by atoms with van der Waals surface area (Å²) in [6.07, 6.45) is 2.04. The van der Waals surface area contributed by atoms with Gasteiger partial charge in [-0.05, 0) is 72.8 Å². The Labute approximate surface area is 301 Å². The number of fused-ring (bicyclic) bond motifs is 12. The predicted octanol–water partition coefficient (Wildman–Crippen LogP) is 12.7. The van der Waals surface area contributed by atoms with Gasteiger partial charge >= 0.3 is 0 Å². The Hall–Kier alpha value is -6.69. The van der Waals surface area contributed by atoms with Gasteiger partial charge < -0.3 is 9.13 Å². The molecule has 7 aromatic carbocycles. The molecule has 5 aromatic heterocycles. The van der Waals surface area contributed by atoms with E-state index in [2.05, 4.69) is 177 Å². The second kappa shape index (κ2) is 10.4. The number of benzene rings is 7. The summed E-state index contributed by atoms with van der Waals surface area (Å²) in [6.45, 7) is 0. The monoisotopic (exact) mass is 680 g/mol. The van der Waals surface area contributed by atoms with Crippen LogP contribution in [0.15, 0.2) is 170 Å². The predicted molar refractivity (Wildman–Crippen MR) is 220 cm³/mol. The average molecular weight is 681 g/mol. The van der Waals surface area contributed by atoms with Gasteiger partial charge in [0.1, 0.15) is 5.82 Å². The number of rotatable bonds is 3. The molecule has 242 valence electrons. The molecule has 5 heteroatoms. The third kappa shape index (κ3) is 3.78. The van der Waals surface area contributed by atoms with Gasteiger partial charge in [0.05, 0.1) is 37.8 Å². The quantitative estimate of drug-likeness (QED) is 0.182. The van der Waals surface area contributed by atoms with Gasteiger partial charge in [0.15, 0.2) is 0 Å². The number of hydrogen-bond donors (Lipinski definition) is 0. The number of thiophene rings is 1. The van der Waals surface area contributed by atoms with Gasteiger partial charge in [0.25, 0.3) is 0 Å². The van der Waals surface area contributed by atoms with E-state index in [1.807, 2.05) is 6.20 Å². The topological polar surface area (TPSA) is 27.7 Å². The van der Waals surface area contributed by atoms with E-state index in [4.69, 9.17) is 4.98 Å². The van der Waals surface area contributed by atoms with Crippen LogP contribution >= 0.6 is 11.3 Å².